The molecular weight excluding hydrogens is 759 g/mol. The smallest absolute Gasteiger partial charge is 0.324 e. The van der Waals surface area contributed by atoms with Crippen molar-refractivity contribution >= 4 is 38.0 Å². The molecule has 2 aromatic heterocycles. The normalized spacial score (nSPS) is 31.3. The Hall–Kier alpha value is -3.59. The molecule has 12 nitrogen and oxygen atoms in total. The van der Waals surface area contributed by atoms with Crippen LogP contribution < -0.4 is 15.6 Å². The van der Waals surface area contributed by atoms with Crippen LogP contribution in [0.25, 0.3) is 22.2 Å². The number of esters is 1. The van der Waals surface area contributed by atoms with E-state index in [1.54, 1.807) is 7.11 Å². The number of aryl methyl sites for hydroxylation is 1. The highest BCUT2D eigenvalue weighted by Crippen LogP contribution is 2.45. The van der Waals surface area contributed by atoms with Crippen LogP contribution in [-0.4, -0.2) is 117 Å². The fourth-order valence-corrected chi connectivity index (χ4v) is 10.9. The van der Waals surface area contributed by atoms with E-state index in [0.717, 1.165) is 80.7 Å². The van der Waals surface area contributed by atoms with Crippen molar-refractivity contribution in [2.75, 3.05) is 58.4 Å². The number of hydrogen-bond acceptors (Lipinski definition) is 10. The van der Waals surface area contributed by atoms with Gasteiger partial charge in [-0.1, -0.05) is 39.0 Å². The maximum absolute atomic E-state index is 13.9. The van der Waals surface area contributed by atoms with Gasteiger partial charge in [0.1, 0.15) is 12.3 Å². The molecule has 1 amide bonds. The maximum Gasteiger partial charge on any atom is 0.324 e. The van der Waals surface area contributed by atoms with Crippen LogP contribution in [0.1, 0.15) is 83.2 Å². The second-order valence-electron chi connectivity index (χ2n) is 18.7. The Balaban J connectivity index is 1.20. The topological polar surface area (TPSA) is 124 Å². The first-order valence-electron chi connectivity index (χ1n) is 22.0. The number of aliphatic hydroxyl groups excluding tert-OH is 1. The molecule has 2 radical (unpaired) electrons. The van der Waals surface area contributed by atoms with Crippen LogP contribution in [0.4, 0.5) is 5.69 Å². The van der Waals surface area contributed by atoms with Crippen LogP contribution >= 0.6 is 0 Å². The van der Waals surface area contributed by atoms with E-state index in [4.69, 9.17) is 14.5 Å². The lowest BCUT2D eigenvalue weighted by atomic mass is 9.84. The molecule has 1 saturated carbocycles. The van der Waals surface area contributed by atoms with Gasteiger partial charge in [-0.2, -0.15) is 0 Å². The molecule has 4 fully saturated rings. The van der Waals surface area contributed by atoms with Crippen LogP contribution in [0.3, 0.4) is 0 Å². The Morgan fingerprint density at radius 1 is 1.17 bits per heavy atom. The molecule has 2 unspecified atom stereocenters. The number of amides is 1. The van der Waals surface area contributed by atoms with Gasteiger partial charge in [0.2, 0.25) is 5.91 Å². The van der Waals surface area contributed by atoms with Crippen LogP contribution in [-0.2, 0) is 38.4 Å². The minimum atomic E-state index is -0.876. The number of aliphatic hydroxyl groups is 1. The monoisotopic (exact) mass is 823 g/mol. The van der Waals surface area contributed by atoms with E-state index in [1.807, 2.05) is 11.2 Å². The average Bonchev–Trinajstić information content (AvgIpc) is 4.16. The number of carbonyl (C=O) groups is 2. The van der Waals surface area contributed by atoms with Crippen molar-refractivity contribution in [2.24, 2.45) is 23.2 Å². The summed E-state index contributed by atoms with van der Waals surface area (Å²) in [6.07, 6.45) is 9.66. The number of allylic oxidation sites excluding steroid dienone is 2. The van der Waals surface area contributed by atoms with Gasteiger partial charge < -0.3 is 34.3 Å². The molecule has 8 rings (SSSR count). The number of methoxy groups -OCH3 is 1. The molecular formula is C46H65N7O5Si. The third-order valence-electron chi connectivity index (χ3n) is 13.6. The summed E-state index contributed by atoms with van der Waals surface area (Å²) in [7, 11) is 4.47. The van der Waals surface area contributed by atoms with Crippen molar-refractivity contribution in [2.45, 2.75) is 109 Å². The van der Waals surface area contributed by atoms with E-state index in [9.17, 15) is 14.7 Å². The van der Waals surface area contributed by atoms with Gasteiger partial charge in [-0.25, -0.2) is 10.4 Å². The lowest BCUT2D eigenvalue weighted by molar-refractivity contribution is -0.157. The van der Waals surface area contributed by atoms with Gasteiger partial charge >= 0.3 is 5.97 Å². The Bertz CT molecular complexity index is 2060. The second-order valence-corrected chi connectivity index (χ2v) is 20.3. The number of fused-ring (bicyclic) bond motifs is 3. The van der Waals surface area contributed by atoms with E-state index >= 15 is 0 Å². The molecule has 5 aliphatic rings. The number of ether oxygens (including phenoxy) is 2. The number of aromatic nitrogens is 2. The van der Waals surface area contributed by atoms with Crippen molar-refractivity contribution in [3.63, 3.8) is 0 Å². The average molecular weight is 824 g/mol. The fourth-order valence-electron chi connectivity index (χ4n) is 9.61. The third-order valence-corrected chi connectivity index (χ3v) is 15.3. The lowest BCUT2D eigenvalue weighted by Gasteiger charge is -2.41. The number of nitrogens with zero attached hydrogens (tertiary/aromatic N) is 5. The number of hydrazine groups is 1. The minimum absolute atomic E-state index is 0.0655. The number of carbonyl (C=O) groups excluding carboxylic acids is 2. The minimum Gasteiger partial charge on any atom is -0.464 e. The molecule has 1 aromatic carbocycles. The van der Waals surface area contributed by atoms with Crippen molar-refractivity contribution in [1.29, 1.82) is 0 Å². The summed E-state index contributed by atoms with van der Waals surface area (Å²) in [5.74, 6) is 0.0557. The lowest BCUT2D eigenvalue weighted by Crippen LogP contribution is -2.61. The molecule has 1 aliphatic carbocycles. The zero-order valence-electron chi connectivity index (χ0n) is 36.2. The maximum atomic E-state index is 13.9. The molecule has 3 N–H and O–H groups in total. The zero-order chi connectivity index (χ0) is 41.6. The quantitative estimate of drug-likeness (QED) is 0.157. The Morgan fingerprint density at radius 3 is 2.63 bits per heavy atom. The van der Waals surface area contributed by atoms with E-state index in [1.165, 1.54) is 22.0 Å². The Morgan fingerprint density at radius 2 is 1.93 bits per heavy atom. The fraction of sp³-hybridized carbons (Fsp3) is 0.630. The van der Waals surface area contributed by atoms with E-state index in [-0.39, 0.29) is 36.4 Å². The second kappa shape index (κ2) is 17.0. The number of nitrogens with one attached hydrogen (secondary N) is 2. The predicted molar refractivity (Wildman–Crippen MR) is 233 cm³/mol. The van der Waals surface area contributed by atoms with Crippen molar-refractivity contribution < 1.29 is 24.2 Å². The summed E-state index contributed by atoms with van der Waals surface area (Å²) in [4.78, 5) is 37.1. The molecule has 318 valence electrons. The number of piperazine rings is 1. The summed E-state index contributed by atoms with van der Waals surface area (Å²) < 4.78 is 14.6. The highest BCUT2D eigenvalue weighted by molar-refractivity contribution is 6.55. The van der Waals surface area contributed by atoms with E-state index < -0.39 is 22.8 Å². The number of pyridine rings is 1. The first-order valence-corrected chi connectivity index (χ1v) is 23.2. The first kappa shape index (κ1) is 42.1. The molecule has 59 heavy (non-hydrogen) atoms. The van der Waals surface area contributed by atoms with Gasteiger partial charge in [-0.15, -0.1) is 0 Å². The molecule has 4 aliphatic heterocycles. The zero-order valence-corrected chi connectivity index (χ0v) is 37.2. The Labute approximate surface area is 352 Å². The van der Waals surface area contributed by atoms with Crippen LogP contribution in [0, 0.1) is 23.2 Å². The molecule has 3 saturated heterocycles. The number of hydrogen-bond donors (Lipinski definition) is 3. The molecule has 8 atom stereocenters. The standard InChI is InChI=1S/C46H65N7O5Si/c1-8-52-39-16-15-31-12-9-10-13-37(46(28-59-46)48-42(54)33-22-29(33)2)43(55)53-17-11-14-38(49-53)44(56)58-27-45(4,5)25-36(34(39)23-31)41(52)35-24-32(26-47-40(35)30(3)57-7)51-20-18-50(6)19-21-51/h9-10,15-16,23-24,26,29-30,33,37-38,43,49,55H,8,11-14,17-22,25,27-28H2,1-7H3,(H,48,54)/b10-9-/t29-,30-,33-,37-,38-,43?,46-/m0/s1. The summed E-state index contributed by atoms with van der Waals surface area (Å²) in [6.45, 7) is 16.3. The van der Waals surface area contributed by atoms with E-state index in [0.29, 0.717) is 41.2 Å². The molecule has 6 heterocycles. The molecule has 13 heteroatoms. The summed E-state index contributed by atoms with van der Waals surface area (Å²) in [5.41, 5.74) is 10.8. The van der Waals surface area contributed by atoms with Crippen LogP contribution in [0.15, 0.2) is 42.6 Å². The number of cyclic esters (lactones) is 1. The number of benzene rings is 1. The van der Waals surface area contributed by atoms with Gasteiger partial charge in [0.25, 0.3) is 0 Å². The molecule has 3 aromatic rings. The number of likely N-dealkylation sites (N-methyl/N-ethyl adjacent to an activating group) is 1. The van der Waals surface area contributed by atoms with Gasteiger partial charge in [0, 0.05) is 85.3 Å². The first-order chi connectivity index (χ1) is 28.3. The van der Waals surface area contributed by atoms with Crippen LogP contribution in [0.2, 0.25) is 6.04 Å². The summed E-state index contributed by atoms with van der Waals surface area (Å²) >= 11 is 0. The molecule has 0 spiro atoms. The third kappa shape index (κ3) is 8.79. The number of rotatable bonds is 8. The number of anilines is 1. The largest absolute Gasteiger partial charge is 0.464 e. The predicted octanol–water partition coefficient (Wildman–Crippen LogP) is 5.30. The van der Waals surface area contributed by atoms with Crippen molar-refractivity contribution in [3.05, 3.63) is 59.4 Å². The van der Waals surface area contributed by atoms with Gasteiger partial charge in [-0.3, -0.25) is 14.6 Å². The van der Waals surface area contributed by atoms with Gasteiger partial charge in [0.05, 0.1) is 45.5 Å². The van der Waals surface area contributed by atoms with E-state index in [2.05, 4.69) is 103 Å². The van der Waals surface area contributed by atoms with Crippen LogP contribution in [0.5, 0.6) is 0 Å². The highest BCUT2D eigenvalue weighted by Gasteiger charge is 2.56. The van der Waals surface area contributed by atoms with Crippen molar-refractivity contribution in [3.8, 4) is 11.3 Å². The summed E-state index contributed by atoms with van der Waals surface area (Å²) in [6, 6.07) is 9.47. The van der Waals surface area contributed by atoms with Gasteiger partial charge in [-0.05, 0) is 101 Å². The van der Waals surface area contributed by atoms with Gasteiger partial charge in [0.15, 0.2) is 0 Å². The highest BCUT2D eigenvalue weighted by atomic mass is 28.2. The van der Waals surface area contributed by atoms with Crippen molar-refractivity contribution in [1.82, 2.24) is 30.2 Å². The molecule has 4 bridgehead atoms. The SMILES string of the molecule is CCn1c(-c2cc(N3CCN(C)CC3)cnc2[C@H](C)OC)c2c3cc(ccc31)C/C=C\C[C@H]([C@]1(NC(=O)[C@H]3C[C@@H]3C)C[Si]1)C(O)N1CCC[C@H](N1)C(=O)OCC(C)(C)C2. The summed E-state index contributed by atoms with van der Waals surface area (Å²) in [5, 5.41) is 18.1. The Kier molecular flexibility index (Phi) is 12.2.